The number of halogens is 1. The van der Waals surface area contributed by atoms with Gasteiger partial charge in [0.05, 0.1) is 12.3 Å². The molecule has 4 atom stereocenters. The molecule has 2 fully saturated rings. The van der Waals surface area contributed by atoms with E-state index in [1.54, 1.807) is 20.8 Å². The number of aromatic amines is 1. The highest BCUT2D eigenvalue weighted by Crippen LogP contribution is 2.42. The van der Waals surface area contributed by atoms with Gasteiger partial charge in [0, 0.05) is 0 Å². The van der Waals surface area contributed by atoms with Crippen molar-refractivity contribution in [1.82, 2.24) is 9.55 Å². The number of aromatic nitrogens is 2. The van der Waals surface area contributed by atoms with Crippen LogP contribution in [0.2, 0.25) is 0 Å². The standard InChI is InChI=1S/C12H15FN2O5/c1-5-7-8(20-12(2,3)19-7)10(18-5)15-4-6(13)9(16)14-11(15)17/h4-5,7-8,10H,1-3H3,(H,14,16,17)/t5-,7-,8-,10-/m0/s1. The van der Waals surface area contributed by atoms with Crippen molar-refractivity contribution in [1.29, 1.82) is 0 Å². The third-order valence-corrected chi connectivity index (χ3v) is 3.46. The second-order valence-corrected chi connectivity index (χ2v) is 5.44. The molecule has 2 saturated heterocycles. The number of rotatable bonds is 1. The molecule has 20 heavy (non-hydrogen) atoms. The van der Waals surface area contributed by atoms with Gasteiger partial charge in [0.1, 0.15) is 12.2 Å². The Kier molecular flexibility index (Phi) is 2.86. The monoisotopic (exact) mass is 286 g/mol. The number of nitrogens with zero attached hydrogens (tertiary/aromatic N) is 1. The van der Waals surface area contributed by atoms with E-state index in [0.29, 0.717) is 0 Å². The van der Waals surface area contributed by atoms with Gasteiger partial charge in [-0.25, -0.2) is 4.79 Å². The third kappa shape index (κ3) is 2.00. The molecule has 0 amide bonds. The van der Waals surface area contributed by atoms with Gasteiger partial charge in [-0.3, -0.25) is 14.3 Å². The Morgan fingerprint density at radius 2 is 1.95 bits per heavy atom. The van der Waals surface area contributed by atoms with Crippen LogP contribution in [0.5, 0.6) is 0 Å². The van der Waals surface area contributed by atoms with E-state index in [0.717, 1.165) is 10.8 Å². The fraction of sp³-hybridized carbons (Fsp3) is 0.667. The zero-order chi connectivity index (χ0) is 14.7. The maximum Gasteiger partial charge on any atom is 0.330 e. The number of hydrogen-bond acceptors (Lipinski definition) is 5. The lowest BCUT2D eigenvalue weighted by atomic mass is 10.1. The van der Waals surface area contributed by atoms with E-state index in [2.05, 4.69) is 0 Å². The summed E-state index contributed by atoms with van der Waals surface area (Å²) in [5, 5.41) is 0. The molecule has 2 aliphatic heterocycles. The Morgan fingerprint density at radius 1 is 1.30 bits per heavy atom. The van der Waals surface area contributed by atoms with Crippen LogP contribution in [0.1, 0.15) is 27.0 Å². The molecule has 0 aliphatic carbocycles. The Hall–Kier alpha value is -1.51. The summed E-state index contributed by atoms with van der Waals surface area (Å²) in [4.78, 5) is 24.8. The average Bonchev–Trinajstić information content (AvgIpc) is 2.80. The molecule has 0 spiro atoms. The van der Waals surface area contributed by atoms with E-state index < -0.39 is 35.2 Å². The van der Waals surface area contributed by atoms with Crippen molar-refractivity contribution in [2.24, 2.45) is 0 Å². The third-order valence-electron chi connectivity index (χ3n) is 3.46. The minimum Gasteiger partial charge on any atom is -0.349 e. The van der Waals surface area contributed by atoms with Crippen molar-refractivity contribution in [2.45, 2.75) is 51.1 Å². The van der Waals surface area contributed by atoms with E-state index in [1.165, 1.54) is 0 Å². The molecular formula is C12H15FN2O5. The molecule has 0 radical (unpaired) electrons. The van der Waals surface area contributed by atoms with Crippen molar-refractivity contribution >= 4 is 0 Å². The van der Waals surface area contributed by atoms with Crippen LogP contribution in [0.3, 0.4) is 0 Å². The predicted molar refractivity (Wildman–Crippen MR) is 64.7 cm³/mol. The lowest BCUT2D eigenvalue weighted by Gasteiger charge is -2.23. The highest BCUT2D eigenvalue weighted by Gasteiger charge is 2.54. The highest BCUT2D eigenvalue weighted by atomic mass is 19.1. The quantitative estimate of drug-likeness (QED) is 0.792. The maximum atomic E-state index is 13.4. The summed E-state index contributed by atoms with van der Waals surface area (Å²) in [6.07, 6.45) is -1.21. The van der Waals surface area contributed by atoms with E-state index in [4.69, 9.17) is 14.2 Å². The van der Waals surface area contributed by atoms with Crippen LogP contribution >= 0.6 is 0 Å². The average molecular weight is 286 g/mol. The largest absolute Gasteiger partial charge is 0.349 e. The Bertz CT molecular complexity index is 652. The number of nitrogens with one attached hydrogen (secondary N) is 1. The number of fused-ring (bicyclic) bond motifs is 1. The van der Waals surface area contributed by atoms with Gasteiger partial charge in [0.2, 0.25) is 5.82 Å². The van der Waals surface area contributed by atoms with Gasteiger partial charge in [0.15, 0.2) is 12.0 Å². The topological polar surface area (TPSA) is 82.6 Å². The van der Waals surface area contributed by atoms with Crippen LogP contribution in [0.4, 0.5) is 4.39 Å². The number of hydrogen-bond donors (Lipinski definition) is 1. The van der Waals surface area contributed by atoms with Crippen LogP contribution in [0.15, 0.2) is 15.8 Å². The normalized spacial score (nSPS) is 35.2. The van der Waals surface area contributed by atoms with Gasteiger partial charge in [-0.05, 0) is 20.8 Å². The molecule has 7 nitrogen and oxygen atoms in total. The number of H-pyrrole nitrogens is 1. The molecule has 1 N–H and O–H groups in total. The molecule has 0 saturated carbocycles. The van der Waals surface area contributed by atoms with Crippen LogP contribution in [-0.4, -0.2) is 33.7 Å². The summed E-state index contributed by atoms with van der Waals surface area (Å²) in [6.45, 7) is 5.30. The van der Waals surface area contributed by atoms with Gasteiger partial charge in [-0.2, -0.15) is 4.39 Å². The highest BCUT2D eigenvalue weighted by molar-refractivity contribution is 4.98. The molecule has 1 aromatic rings. The van der Waals surface area contributed by atoms with E-state index in [-0.39, 0.29) is 12.2 Å². The molecule has 110 valence electrons. The maximum absolute atomic E-state index is 13.4. The second kappa shape index (κ2) is 4.24. The van der Waals surface area contributed by atoms with Crippen LogP contribution in [0, 0.1) is 5.82 Å². The summed E-state index contributed by atoms with van der Waals surface area (Å²) >= 11 is 0. The SMILES string of the molecule is C[C@@H]1O[C@H](n2cc(F)c(=O)[nH]c2=O)[C@H]2OC(C)(C)O[C@H]21. The Balaban J connectivity index is 2.01. The molecule has 8 heteroatoms. The van der Waals surface area contributed by atoms with Crippen molar-refractivity contribution in [3.63, 3.8) is 0 Å². The van der Waals surface area contributed by atoms with Gasteiger partial charge in [0.25, 0.3) is 5.56 Å². The molecular weight excluding hydrogens is 271 g/mol. The molecule has 0 bridgehead atoms. The summed E-state index contributed by atoms with van der Waals surface area (Å²) in [5.41, 5.74) is -1.81. The minimum atomic E-state index is -1.06. The summed E-state index contributed by atoms with van der Waals surface area (Å²) < 4.78 is 31.4. The van der Waals surface area contributed by atoms with Crippen LogP contribution in [-0.2, 0) is 14.2 Å². The van der Waals surface area contributed by atoms with Crippen LogP contribution < -0.4 is 11.2 Å². The first-order chi connectivity index (χ1) is 9.28. The predicted octanol–water partition coefficient (Wildman–Crippen LogP) is 0.113. The molecule has 1 aromatic heterocycles. The first-order valence-corrected chi connectivity index (χ1v) is 6.30. The van der Waals surface area contributed by atoms with Crippen molar-refractivity contribution in [3.8, 4) is 0 Å². The van der Waals surface area contributed by atoms with Crippen molar-refractivity contribution in [2.75, 3.05) is 0 Å². The zero-order valence-electron chi connectivity index (χ0n) is 11.3. The lowest BCUT2D eigenvalue weighted by molar-refractivity contribution is -0.195. The molecule has 3 rings (SSSR count). The van der Waals surface area contributed by atoms with Crippen LogP contribution in [0.25, 0.3) is 0 Å². The molecule has 0 aromatic carbocycles. The smallest absolute Gasteiger partial charge is 0.330 e. The fourth-order valence-electron chi connectivity index (χ4n) is 2.65. The van der Waals surface area contributed by atoms with Gasteiger partial charge >= 0.3 is 5.69 Å². The van der Waals surface area contributed by atoms with E-state index >= 15 is 0 Å². The Morgan fingerprint density at radius 3 is 2.65 bits per heavy atom. The molecule has 3 heterocycles. The first kappa shape index (κ1) is 13.5. The lowest BCUT2D eigenvalue weighted by Crippen LogP contribution is -2.38. The summed E-state index contributed by atoms with van der Waals surface area (Å²) in [6, 6.07) is 0. The first-order valence-electron chi connectivity index (χ1n) is 6.30. The van der Waals surface area contributed by atoms with E-state index in [9.17, 15) is 14.0 Å². The van der Waals surface area contributed by atoms with E-state index in [1.807, 2.05) is 4.98 Å². The second-order valence-electron chi connectivity index (χ2n) is 5.44. The summed E-state index contributed by atoms with van der Waals surface area (Å²) in [5.74, 6) is -1.85. The molecule has 2 aliphatic rings. The van der Waals surface area contributed by atoms with Crippen molar-refractivity contribution in [3.05, 3.63) is 32.9 Å². The van der Waals surface area contributed by atoms with Gasteiger partial charge in [-0.15, -0.1) is 0 Å². The van der Waals surface area contributed by atoms with Crippen molar-refractivity contribution < 1.29 is 18.6 Å². The van der Waals surface area contributed by atoms with Gasteiger partial charge in [-0.1, -0.05) is 0 Å². The summed E-state index contributed by atoms with van der Waals surface area (Å²) in [7, 11) is 0. The fourth-order valence-corrected chi connectivity index (χ4v) is 2.65. The van der Waals surface area contributed by atoms with Gasteiger partial charge < -0.3 is 14.2 Å². The zero-order valence-corrected chi connectivity index (χ0v) is 11.3. The molecule has 0 unspecified atom stereocenters. The minimum absolute atomic E-state index is 0.311. The Labute approximate surface area is 113 Å². The number of ether oxygens (including phenoxy) is 3.